The van der Waals surface area contributed by atoms with Crippen LogP contribution >= 0.6 is 11.6 Å². The zero-order valence-electron chi connectivity index (χ0n) is 7.05. The van der Waals surface area contributed by atoms with E-state index in [0.717, 1.165) is 0 Å². The van der Waals surface area contributed by atoms with Crippen molar-refractivity contribution in [2.75, 3.05) is 0 Å². The number of halogens is 2. The minimum Gasteiger partial charge on any atom is -0.369 e. The lowest BCUT2D eigenvalue weighted by molar-refractivity contribution is -0.117. The van der Waals surface area contributed by atoms with E-state index >= 15 is 0 Å². The van der Waals surface area contributed by atoms with Gasteiger partial charge in [0.15, 0.2) is 0 Å². The van der Waals surface area contributed by atoms with Crippen LogP contribution in [0.2, 0.25) is 5.02 Å². The number of amides is 1. The van der Waals surface area contributed by atoms with Gasteiger partial charge in [-0.2, -0.15) is 4.39 Å². The highest BCUT2D eigenvalue weighted by atomic mass is 35.5. The van der Waals surface area contributed by atoms with Gasteiger partial charge in [0.05, 0.1) is 17.0 Å². The van der Waals surface area contributed by atoms with Crippen molar-refractivity contribution < 1.29 is 9.18 Å². The molecule has 5 heteroatoms. The number of aromatic nitrogens is 1. The maximum absolute atomic E-state index is 12.9. The second-order valence-corrected chi connectivity index (χ2v) is 2.87. The number of pyridine rings is 1. The average Bonchev–Trinajstić information content (AvgIpc) is 2.10. The van der Waals surface area contributed by atoms with Gasteiger partial charge in [-0.15, -0.1) is 0 Å². The second kappa shape index (κ2) is 4.58. The van der Waals surface area contributed by atoms with Gasteiger partial charge in [0.1, 0.15) is 0 Å². The third-order valence-corrected chi connectivity index (χ3v) is 1.50. The summed E-state index contributed by atoms with van der Waals surface area (Å²) in [5, 5.41) is 0.287. The summed E-state index contributed by atoms with van der Waals surface area (Å²) in [6.07, 6.45) is 1.06. The lowest BCUT2D eigenvalue weighted by atomic mass is 10.2. The molecule has 0 saturated carbocycles. The van der Waals surface area contributed by atoms with Crippen molar-refractivity contribution in [1.82, 2.24) is 4.98 Å². The topological polar surface area (TPSA) is 56.0 Å². The molecule has 0 aliphatic heterocycles. The van der Waals surface area contributed by atoms with Crippen LogP contribution in [0.15, 0.2) is 12.3 Å². The molecule has 2 N–H and O–H groups in total. The fourth-order valence-corrected chi connectivity index (χ4v) is 0.895. The first kappa shape index (κ1) is 10.5. The zero-order chi connectivity index (χ0) is 10.6. The maximum Gasteiger partial charge on any atom is 0.229 e. The number of nitrogens with zero attached hydrogens (tertiary/aromatic N) is 1. The summed E-state index contributed by atoms with van der Waals surface area (Å²) in [6, 6.07) is 1.33. The van der Waals surface area contributed by atoms with E-state index in [-0.39, 0.29) is 17.0 Å². The Balaban J connectivity index is 2.88. The molecule has 14 heavy (non-hydrogen) atoms. The second-order valence-electron chi connectivity index (χ2n) is 2.44. The summed E-state index contributed by atoms with van der Waals surface area (Å²) in [7, 11) is 0. The molecule has 1 rings (SSSR count). The first-order valence-electron chi connectivity index (χ1n) is 3.68. The van der Waals surface area contributed by atoms with Crippen molar-refractivity contribution in [1.29, 1.82) is 0 Å². The normalized spacial score (nSPS) is 9.00. The molecular weight excluding hydrogens is 207 g/mol. The standard InChI is InChI=1S/C9H6ClFN2O/c10-7-4-6(9(11)13-5-7)2-1-3-8(12)14/h4-5H,3H2,(H2,12,14). The molecule has 0 aliphatic rings. The SMILES string of the molecule is NC(=O)CC#Cc1cc(Cl)cnc1F. The van der Waals surface area contributed by atoms with Crippen LogP contribution in [0.5, 0.6) is 0 Å². The molecule has 0 aromatic carbocycles. The van der Waals surface area contributed by atoms with Gasteiger partial charge in [0, 0.05) is 6.20 Å². The Hall–Kier alpha value is -1.60. The average molecular weight is 213 g/mol. The monoisotopic (exact) mass is 212 g/mol. The van der Waals surface area contributed by atoms with Crippen LogP contribution in [0.4, 0.5) is 4.39 Å². The van der Waals surface area contributed by atoms with E-state index in [2.05, 4.69) is 16.8 Å². The molecule has 1 aromatic rings. The molecule has 1 amide bonds. The summed E-state index contributed by atoms with van der Waals surface area (Å²) in [6.45, 7) is 0. The van der Waals surface area contributed by atoms with Crippen LogP contribution in [-0.4, -0.2) is 10.9 Å². The first-order chi connectivity index (χ1) is 6.59. The number of hydrogen-bond donors (Lipinski definition) is 1. The molecule has 0 spiro atoms. The largest absolute Gasteiger partial charge is 0.369 e. The number of nitrogens with two attached hydrogens (primary N) is 1. The van der Waals surface area contributed by atoms with E-state index in [4.69, 9.17) is 17.3 Å². The van der Waals surface area contributed by atoms with Crippen molar-refractivity contribution in [3.8, 4) is 11.8 Å². The third-order valence-electron chi connectivity index (χ3n) is 1.29. The minimum absolute atomic E-state index is 0.0544. The molecule has 0 bridgehead atoms. The lowest BCUT2D eigenvalue weighted by Gasteiger charge is -1.93. The van der Waals surface area contributed by atoms with Gasteiger partial charge in [-0.1, -0.05) is 23.4 Å². The highest BCUT2D eigenvalue weighted by molar-refractivity contribution is 6.30. The smallest absolute Gasteiger partial charge is 0.229 e. The third kappa shape index (κ3) is 3.04. The Morgan fingerprint density at radius 1 is 1.71 bits per heavy atom. The van der Waals surface area contributed by atoms with Crippen molar-refractivity contribution in [3.63, 3.8) is 0 Å². The molecule has 1 aromatic heterocycles. The van der Waals surface area contributed by atoms with Gasteiger partial charge < -0.3 is 5.73 Å². The van der Waals surface area contributed by atoms with Crippen LogP contribution in [0, 0.1) is 17.8 Å². The van der Waals surface area contributed by atoms with Gasteiger partial charge in [0.25, 0.3) is 0 Å². The summed E-state index contributed by atoms with van der Waals surface area (Å²) < 4.78 is 12.9. The Labute approximate surface area is 85.1 Å². The Morgan fingerprint density at radius 3 is 3.07 bits per heavy atom. The molecular formula is C9H6ClFN2O. The summed E-state index contributed by atoms with van der Waals surface area (Å²) in [5.74, 6) is 3.54. The van der Waals surface area contributed by atoms with Crippen molar-refractivity contribution in [2.24, 2.45) is 5.73 Å². The lowest BCUT2D eigenvalue weighted by Crippen LogP contribution is -2.08. The highest BCUT2D eigenvalue weighted by Gasteiger charge is 2.00. The van der Waals surface area contributed by atoms with Gasteiger partial charge in [-0.25, -0.2) is 4.98 Å². The molecule has 0 aliphatic carbocycles. The summed E-state index contributed by atoms with van der Waals surface area (Å²) >= 11 is 5.57. The molecule has 0 saturated heterocycles. The Bertz CT molecular complexity index is 423. The van der Waals surface area contributed by atoms with Crippen LogP contribution in [0.3, 0.4) is 0 Å². The van der Waals surface area contributed by atoms with Crippen LogP contribution < -0.4 is 5.73 Å². The van der Waals surface area contributed by atoms with Gasteiger partial charge in [-0.3, -0.25) is 4.79 Å². The van der Waals surface area contributed by atoms with Crippen molar-refractivity contribution >= 4 is 17.5 Å². The van der Waals surface area contributed by atoms with Crippen molar-refractivity contribution in [3.05, 3.63) is 28.8 Å². The number of carbonyl (C=O) groups is 1. The van der Waals surface area contributed by atoms with Crippen LogP contribution in [-0.2, 0) is 4.79 Å². The van der Waals surface area contributed by atoms with Crippen LogP contribution in [0.1, 0.15) is 12.0 Å². The summed E-state index contributed by atoms with van der Waals surface area (Å²) in [4.78, 5) is 13.7. The predicted octanol–water partition coefficient (Wildman–Crippen LogP) is 1.10. The molecule has 3 nitrogen and oxygen atoms in total. The number of primary amides is 1. The highest BCUT2D eigenvalue weighted by Crippen LogP contribution is 2.10. The van der Waals surface area contributed by atoms with E-state index in [9.17, 15) is 9.18 Å². The molecule has 0 radical (unpaired) electrons. The van der Waals surface area contributed by atoms with E-state index in [1.54, 1.807) is 0 Å². The van der Waals surface area contributed by atoms with E-state index < -0.39 is 11.9 Å². The zero-order valence-corrected chi connectivity index (χ0v) is 7.81. The molecule has 0 unspecified atom stereocenters. The van der Waals surface area contributed by atoms with E-state index in [0.29, 0.717) is 0 Å². The number of hydrogen-bond acceptors (Lipinski definition) is 2. The molecule has 1 heterocycles. The van der Waals surface area contributed by atoms with Gasteiger partial charge >= 0.3 is 0 Å². The maximum atomic E-state index is 12.9. The van der Waals surface area contributed by atoms with Crippen molar-refractivity contribution in [2.45, 2.75) is 6.42 Å². The van der Waals surface area contributed by atoms with E-state index in [1.807, 2.05) is 0 Å². The molecule has 72 valence electrons. The Kier molecular flexibility index (Phi) is 3.43. The van der Waals surface area contributed by atoms with E-state index in [1.165, 1.54) is 12.3 Å². The quantitative estimate of drug-likeness (QED) is 0.560. The number of carbonyl (C=O) groups excluding carboxylic acids is 1. The number of rotatable bonds is 1. The van der Waals surface area contributed by atoms with Gasteiger partial charge in [0.2, 0.25) is 11.9 Å². The molecule has 0 fully saturated rings. The molecule has 0 atom stereocenters. The summed E-state index contributed by atoms with van der Waals surface area (Å²) in [5.41, 5.74) is 4.90. The Morgan fingerprint density at radius 2 is 2.43 bits per heavy atom. The minimum atomic E-state index is -0.716. The fraction of sp³-hybridized carbons (Fsp3) is 0.111. The predicted molar refractivity (Wildman–Crippen MR) is 49.9 cm³/mol. The first-order valence-corrected chi connectivity index (χ1v) is 4.05. The fourth-order valence-electron chi connectivity index (χ4n) is 0.737. The van der Waals surface area contributed by atoms with Gasteiger partial charge in [-0.05, 0) is 6.07 Å². The van der Waals surface area contributed by atoms with Crippen LogP contribution in [0.25, 0.3) is 0 Å².